The minimum absolute atomic E-state index is 0.120. The van der Waals surface area contributed by atoms with Gasteiger partial charge in [-0.25, -0.2) is 0 Å². The summed E-state index contributed by atoms with van der Waals surface area (Å²) in [6.45, 7) is 11.2. The van der Waals surface area contributed by atoms with Crippen LogP contribution in [0.2, 0.25) is 18.1 Å². The Labute approximate surface area is 181 Å². The molecule has 156 valence electrons. The van der Waals surface area contributed by atoms with Gasteiger partial charge in [0.2, 0.25) is 0 Å². The van der Waals surface area contributed by atoms with Crippen LogP contribution >= 0.6 is 0 Å². The topological polar surface area (TPSA) is 42.4 Å². The van der Waals surface area contributed by atoms with E-state index in [0.29, 0.717) is 0 Å². The van der Waals surface area contributed by atoms with Crippen LogP contribution in [0.5, 0.6) is 0 Å². The number of fused-ring (bicyclic) bond motifs is 1. The lowest BCUT2D eigenvalue weighted by atomic mass is 10.0. The summed E-state index contributed by atoms with van der Waals surface area (Å²) in [4.78, 5) is 4.57. The van der Waals surface area contributed by atoms with E-state index < -0.39 is 14.4 Å². The molecular formula is C26H31NO2Si. The zero-order valence-corrected chi connectivity index (χ0v) is 19.6. The van der Waals surface area contributed by atoms with Crippen LogP contribution in [0.3, 0.4) is 0 Å². The fourth-order valence-electron chi connectivity index (χ4n) is 2.93. The molecule has 0 saturated carbocycles. The smallest absolute Gasteiger partial charge is 0.192 e. The van der Waals surface area contributed by atoms with Gasteiger partial charge in [0, 0.05) is 23.6 Å². The molecule has 30 heavy (non-hydrogen) atoms. The fraction of sp³-hybridized carbons (Fsp3) is 0.346. The molecule has 1 atom stereocenters. The molecule has 3 nitrogen and oxygen atoms in total. The average molecular weight is 418 g/mol. The summed E-state index contributed by atoms with van der Waals surface area (Å²) in [6.07, 6.45) is 1.86. The Kier molecular flexibility index (Phi) is 6.77. The van der Waals surface area contributed by atoms with Gasteiger partial charge in [-0.05, 0) is 47.3 Å². The lowest BCUT2D eigenvalue weighted by Crippen LogP contribution is -2.42. The molecule has 0 fully saturated rings. The lowest BCUT2D eigenvalue weighted by molar-refractivity contribution is 0.142. The fourth-order valence-corrected chi connectivity index (χ4v) is 3.94. The predicted octanol–water partition coefficient (Wildman–Crippen LogP) is 5.56. The molecule has 0 spiro atoms. The molecular weight excluding hydrogens is 386 g/mol. The zero-order valence-electron chi connectivity index (χ0n) is 18.6. The molecule has 4 heteroatoms. The van der Waals surface area contributed by atoms with Crippen molar-refractivity contribution in [1.29, 1.82) is 0 Å². The highest BCUT2D eigenvalue weighted by atomic mass is 28.4. The molecule has 0 saturated heterocycles. The van der Waals surface area contributed by atoms with E-state index in [4.69, 9.17) is 4.43 Å². The van der Waals surface area contributed by atoms with E-state index in [1.807, 2.05) is 36.5 Å². The molecule has 0 amide bonds. The standard InChI is InChI=1S/C26H31NO2Si/c1-26(2,3)30(4,5)29-19-23(28)15-14-20-10-12-21(13-11-20)18-25-24-9-7-6-8-22(24)16-17-27-25/h6-13,16-17,23,28H,18-19H2,1-5H3. The molecule has 1 unspecified atom stereocenters. The van der Waals surface area contributed by atoms with Crippen LogP contribution in [0.4, 0.5) is 0 Å². The highest BCUT2D eigenvalue weighted by molar-refractivity contribution is 6.74. The summed E-state index contributed by atoms with van der Waals surface area (Å²) in [6, 6.07) is 18.5. The molecule has 0 aliphatic heterocycles. The summed E-state index contributed by atoms with van der Waals surface area (Å²) >= 11 is 0. The maximum Gasteiger partial charge on any atom is 0.192 e. The van der Waals surface area contributed by atoms with Crippen molar-refractivity contribution >= 4 is 19.1 Å². The van der Waals surface area contributed by atoms with Crippen molar-refractivity contribution in [2.75, 3.05) is 6.61 Å². The first-order valence-electron chi connectivity index (χ1n) is 10.4. The van der Waals surface area contributed by atoms with Gasteiger partial charge in [0.25, 0.3) is 0 Å². The van der Waals surface area contributed by atoms with E-state index in [2.05, 4.69) is 75.0 Å². The molecule has 2 aromatic carbocycles. The summed E-state index contributed by atoms with van der Waals surface area (Å²) in [7, 11) is -1.87. The van der Waals surface area contributed by atoms with Crippen LogP contribution < -0.4 is 0 Å². The first-order valence-corrected chi connectivity index (χ1v) is 13.3. The number of benzene rings is 2. The Morgan fingerprint density at radius 2 is 1.73 bits per heavy atom. The van der Waals surface area contributed by atoms with Crippen molar-refractivity contribution in [1.82, 2.24) is 4.98 Å². The largest absolute Gasteiger partial charge is 0.413 e. The van der Waals surface area contributed by atoms with Gasteiger partial charge in [0.15, 0.2) is 8.32 Å². The zero-order chi connectivity index (χ0) is 21.8. The summed E-state index contributed by atoms with van der Waals surface area (Å²) in [5.41, 5.74) is 3.15. The van der Waals surface area contributed by atoms with Gasteiger partial charge in [-0.1, -0.05) is 69.0 Å². The van der Waals surface area contributed by atoms with Crippen LogP contribution in [0.25, 0.3) is 10.8 Å². The van der Waals surface area contributed by atoms with Crippen molar-refractivity contribution in [3.05, 3.63) is 77.6 Å². The second-order valence-corrected chi connectivity index (χ2v) is 14.0. The summed E-state index contributed by atoms with van der Waals surface area (Å²) in [5.74, 6) is 5.97. The second kappa shape index (κ2) is 9.14. The number of aliphatic hydroxyl groups excluding tert-OH is 1. The monoisotopic (exact) mass is 417 g/mol. The van der Waals surface area contributed by atoms with Gasteiger partial charge >= 0.3 is 0 Å². The molecule has 0 aliphatic rings. The van der Waals surface area contributed by atoms with Crippen molar-refractivity contribution in [3.8, 4) is 11.8 Å². The number of nitrogens with zero attached hydrogens (tertiary/aromatic N) is 1. The Bertz CT molecular complexity index is 1050. The molecule has 0 radical (unpaired) electrons. The van der Waals surface area contributed by atoms with E-state index in [1.165, 1.54) is 16.3 Å². The molecule has 0 aliphatic carbocycles. The third kappa shape index (κ3) is 5.57. The lowest BCUT2D eigenvalue weighted by Gasteiger charge is -2.36. The molecule has 1 heterocycles. The molecule has 0 bridgehead atoms. The van der Waals surface area contributed by atoms with Gasteiger partial charge in [-0.3, -0.25) is 4.98 Å². The van der Waals surface area contributed by atoms with Crippen molar-refractivity contribution in [2.45, 2.75) is 51.4 Å². The van der Waals surface area contributed by atoms with Crippen molar-refractivity contribution in [2.24, 2.45) is 0 Å². The number of aliphatic hydroxyl groups is 1. The first-order chi connectivity index (χ1) is 14.2. The number of rotatable bonds is 5. The molecule has 1 aromatic heterocycles. The van der Waals surface area contributed by atoms with E-state index in [9.17, 15) is 5.11 Å². The third-order valence-electron chi connectivity index (χ3n) is 5.87. The average Bonchev–Trinajstić information content (AvgIpc) is 2.71. The van der Waals surface area contributed by atoms with E-state index in [-0.39, 0.29) is 11.6 Å². The number of aromatic nitrogens is 1. The Hall–Kier alpha value is -2.45. The number of pyridine rings is 1. The van der Waals surface area contributed by atoms with Crippen LogP contribution in [-0.4, -0.2) is 31.1 Å². The Balaban J connectivity index is 1.63. The molecule has 1 N–H and O–H groups in total. The van der Waals surface area contributed by atoms with Crippen molar-refractivity contribution in [3.63, 3.8) is 0 Å². The third-order valence-corrected chi connectivity index (χ3v) is 10.4. The van der Waals surface area contributed by atoms with Crippen molar-refractivity contribution < 1.29 is 9.53 Å². The summed E-state index contributed by atoms with van der Waals surface area (Å²) in [5, 5.41) is 12.7. The van der Waals surface area contributed by atoms with Gasteiger partial charge in [-0.2, -0.15) is 0 Å². The van der Waals surface area contributed by atoms with Crippen LogP contribution in [0.15, 0.2) is 60.8 Å². The Morgan fingerprint density at radius 3 is 2.43 bits per heavy atom. The highest BCUT2D eigenvalue weighted by Crippen LogP contribution is 2.36. The van der Waals surface area contributed by atoms with E-state index >= 15 is 0 Å². The van der Waals surface area contributed by atoms with Gasteiger partial charge in [0.05, 0.1) is 12.3 Å². The minimum Gasteiger partial charge on any atom is -0.413 e. The quantitative estimate of drug-likeness (QED) is 0.436. The SMILES string of the molecule is CC(C)(C)[Si](C)(C)OCC(O)C#Cc1ccc(Cc2nccc3ccccc23)cc1. The highest BCUT2D eigenvalue weighted by Gasteiger charge is 2.37. The predicted molar refractivity (Wildman–Crippen MR) is 127 cm³/mol. The van der Waals surface area contributed by atoms with E-state index in [0.717, 1.165) is 17.7 Å². The minimum atomic E-state index is -1.87. The van der Waals surface area contributed by atoms with Gasteiger partial charge < -0.3 is 9.53 Å². The first kappa shape index (κ1) is 22.2. The van der Waals surface area contributed by atoms with Crippen LogP contribution in [-0.2, 0) is 10.8 Å². The van der Waals surface area contributed by atoms with Crippen LogP contribution in [0.1, 0.15) is 37.6 Å². The normalized spacial score (nSPS) is 13.0. The van der Waals surface area contributed by atoms with E-state index in [1.54, 1.807) is 0 Å². The second-order valence-electron chi connectivity index (χ2n) is 9.21. The Morgan fingerprint density at radius 1 is 1.03 bits per heavy atom. The van der Waals surface area contributed by atoms with Gasteiger partial charge in [0.1, 0.15) is 6.10 Å². The summed E-state index contributed by atoms with van der Waals surface area (Å²) < 4.78 is 6.04. The maximum atomic E-state index is 10.2. The number of hydrogen-bond acceptors (Lipinski definition) is 3. The van der Waals surface area contributed by atoms with Gasteiger partial charge in [-0.15, -0.1) is 0 Å². The number of hydrogen-bond donors (Lipinski definition) is 1. The molecule has 3 rings (SSSR count). The van der Waals surface area contributed by atoms with Crippen LogP contribution in [0, 0.1) is 11.8 Å². The molecule has 3 aromatic rings. The maximum absolute atomic E-state index is 10.2.